The number of carbonyl (C=O) groups is 1. The molecule has 0 radical (unpaired) electrons. The zero-order valence-electron chi connectivity index (χ0n) is 17.4. The van der Waals surface area contributed by atoms with Crippen molar-refractivity contribution in [3.05, 3.63) is 101 Å². The zero-order valence-corrected chi connectivity index (χ0v) is 18.9. The summed E-state index contributed by atoms with van der Waals surface area (Å²) < 4.78 is 0. The van der Waals surface area contributed by atoms with Crippen molar-refractivity contribution in [1.82, 2.24) is 0 Å². The fourth-order valence-electron chi connectivity index (χ4n) is 4.87. The van der Waals surface area contributed by atoms with E-state index in [1.165, 1.54) is 5.56 Å². The van der Waals surface area contributed by atoms with Crippen molar-refractivity contribution in [2.45, 2.75) is 43.5 Å². The summed E-state index contributed by atoms with van der Waals surface area (Å²) in [7, 11) is 0. The van der Waals surface area contributed by atoms with Gasteiger partial charge in [-0.3, -0.25) is 4.79 Å². The average Bonchev–Trinajstić information content (AvgIpc) is 2.73. The van der Waals surface area contributed by atoms with Gasteiger partial charge in [-0.25, -0.2) is 0 Å². The molecule has 1 aliphatic heterocycles. The van der Waals surface area contributed by atoms with Crippen LogP contribution in [0.2, 0.25) is 5.02 Å². The first-order chi connectivity index (χ1) is 14.2. The third kappa shape index (κ3) is 3.53. The Morgan fingerprint density at radius 3 is 2.17 bits per heavy atom. The Morgan fingerprint density at radius 1 is 0.900 bits per heavy atom. The third-order valence-corrected chi connectivity index (χ3v) is 6.83. The maximum atomic E-state index is 13.6. The highest BCUT2D eigenvalue weighted by Gasteiger charge is 2.48. The Bertz CT molecular complexity index is 1060. The second-order valence-electron chi connectivity index (χ2n) is 8.79. The standard InChI is InChI=1S/C26H25Cl2NO/c1-25(2)17-26(3,19-13-15-20(27)16-14-19)21-11-7-8-12-22(21)29(25)24(30)23(28)18-9-5-4-6-10-18/h4-16,23H,17H2,1-3H3/t23-,26+/m0/s1. The summed E-state index contributed by atoms with van der Waals surface area (Å²) >= 11 is 12.8. The number of nitrogens with zero attached hydrogens (tertiary/aromatic N) is 1. The number of para-hydroxylation sites is 1. The molecule has 4 heteroatoms. The number of halogens is 2. The van der Waals surface area contributed by atoms with E-state index in [0.29, 0.717) is 0 Å². The zero-order chi connectivity index (χ0) is 21.5. The van der Waals surface area contributed by atoms with Gasteiger partial charge < -0.3 is 4.90 Å². The molecule has 1 amide bonds. The summed E-state index contributed by atoms with van der Waals surface area (Å²) in [5, 5.41) is -0.0197. The molecule has 1 aliphatic rings. The van der Waals surface area contributed by atoms with E-state index in [1.54, 1.807) is 0 Å². The summed E-state index contributed by atoms with van der Waals surface area (Å²) in [4.78, 5) is 15.5. The van der Waals surface area contributed by atoms with Crippen molar-refractivity contribution < 1.29 is 4.79 Å². The molecule has 0 N–H and O–H groups in total. The molecular weight excluding hydrogens is 413 g/mol. The average molecular weight is 438 g/mol. The molecule has 30 heavy (non-hydrogen) atoms. The van der Waals surface area contributed by atoms with Gasteiger partial charge in [-0.15, -0.1) is 11.6 Å². The second kappa shape index (κ2) is 7.76. The molecule has 154 valence electrons. The summed E-state index contributed by atoms with van der Waals surface area (Å²) in [5.41, 5.74) is 3.35. The number of fused-ring (bicyclic) bond motifs is 1. The molecule has 0 bridgehead atoms. The Labute approximate surface area is 188 Å². The minimum atomic E-state index is -0.738. The SMILES string of the molecule is CC1(C)C[C@](C)(c2ccc(Cl)cc2)c2ccccc2N1C(=O)[C@@H](Cl)c1ccccc1. The third-order valence-electron chi connectivity index (χ3n) is 6.14. The van der Waals surface area contributed by atoms with Crippen LogP contribution in [-0.2, 0) is 10.2 Å². The lowest BCUT2D eigenvalue weighted by molar-refractivity contribution is -0.119. The van der Waals surface area contributed by atoms with Crippen LogP contribution in [0.5, 0.6) is 0 Å². The van der Waals surface area contributed by atoms with Crippen LogP contribution in [0.25, 0.3) is 0 Å². The van der Waals surface area contributed by atoms with E-state index in [1.807, 2.05) is 65.6 Å². The quantitative estimate of drug-likeness (QED) is 0.398. The molecule has 0 unspecified atom stereocenters. The van der Waals surface area contributed by atoms with Crippen LogP contribution in [0.15, 0.2) is 78.9 Å². The summed E-state index contributed by atoms with van der Waals surface area (Å²) in [6.07, 6.45) is 0.767. The molecule has 0 aromatic heterocycles. The van der Waals surface area contributed by atoms with Gasteiger partial charge in [0.1, 0.15) is 5.38 Å². The lowest BCUT2D eigenvalue weighted by Crippen LogP contribution is -2.56. The summed E-state index contributed by atoms with van der Waals surface area (Å²) in [5.74, 6) is -0.0986. The van der Waals surface area contributed by atoms with Crippen LogP contribution >= 0.6 is 23.2 Å². The van der Waals surface area contributed by atoms with Gasteiger partial charge in [0, 0.05) is 21.7 Å². The topological polar surface area (TPSA) is 20.3 Å². The smallest absolute Gasteiger partial charge is 0.250 e. The Kier molecular flexibility index (Phi) is 5.42. The number of alkyl halides is 1. The van der Waals surface area contributed by atoms with E-state index in [-0.39, 0.29) is 11.3 Å². The molecule has 3 aromatic carbocycles. The highest BCUT2D eigenvalue weighted by molar-refractivity contribution is 6.33. The molecule has 2 nitrogen and oxygen atoms in total. The van der Waals surface area contributed by atoms with Crippen molar-refractivity contribution in [2.24, 2.45) is 0 Å². The van der Waals surface area contributed by atoms with Gasteiger partial charge in [0.05, 0.1) is 0 Å². The van der Waals surface area contributed by atoms with Crippen LogP contribution in [0.3, 0.4) is 0 Å². The predicted octanol–water partition coefficient (Wildman–Crippen LogP) is 7.14. The van der Waals surface area contributed by atoms with Crippen LogP contribution in [0.4, 0.5) is 5.69 Å². The lowest BCUT2D eigenvalue weighted by atomic mass is 9.65. The summed E-state index contributed by atoms with van der Waals surface area (Å²) in [6, 6.07) is 25.7. The minimum Gasteiger partial charge on any atom is -0.305 e. The molecule has 1 heterocycles. The number of carbonyl (C=O) groups excluding carboxylic acids is 1. The molecule has 2 atom stereocenters. The number of amides is 1. The molecular formula is C26H25Cl2NO. The number of hydrogen-bond donors (Lipinski definition) is 0. The van der Waals surface area contributed by atoms with Crippen molar-refractivity contribution in [2.75, 3.05) is 4.90 Å². The minimum absolute atomic E-state index is 0.0986. The molecule has 0 fully saturated rings. The fraction of sp³-hybridized carbons (Fsp3) is 0.269. The van der Waals surface area contributed by atoms with Crippen molar-refractivity contribution in [1.29, 1.82) is 0 Å². The summed E-state index contributed by atoms with van der Waals surface area (Å²) in [6.45, 7) is 6.47. The van der Waals surface area contributed by atoms with E-state index in [4.69, 9.17) is 23.2 Å². The Hall–Kier alpha value is -2.29. The van der Waals surface area contributed by atoms with Gasteiger partial charge >= 0.3 is 0 Å². The van der Waals surface area contributed by atoms with Gasteiger partial charge in [0.2, 0.25) is 5.91 Å². The normalized spacial score (nSPS) is 21.0. The second-order valence-corrected chi connectivity index (χ2v) is 9.67. The van der Waals surface area contributed by atoms with Gasteiger partial charge in [-0.1, -0.05) is 79.2 Å². The molecule has 0 saturated carbocycles. The van der Waals surface area contributed by atoms with E-state index in [0.717, 1.165) is 28.3 Å². The number of hydrogen-bond acceptors (Lipinski definition) is 1. The monoisotopic (exact) mass is 437 g/mol. The van der Waals surface area contributed by atoms with E-state index < -0.39 is 10.9 Å². The first kappa shape index (κ1) is 21.0. The van der Waals surface area contributed by atoms with Gasteiger partial charge in [-0.2, -0.15) is 0 Å². The van der Waals surface area contributed by atoms with Gasteiger partial charge in [0.25, 0.3) is 0 Å². The highest BCUT2D eigenvalue weighted by atomic mass is 35.5. The lowest BCUT2D eigenvalue weighted by Gasteiger charge is -2.51. The van der Waals surface area contributed by atoms with Crippen molar-refractivity contribution >= 4 is 34.8 Å². The maximum absolute atomic E-state index is 13.6. The first-order valence-electron chi connectivity index (χ1n) is 10.1. The molecule has 0 spiro atoms. The van der Waals surface area contributed by atoms with E-state index in [2.05, 4.69) is 39.0 Å². The van der Waals surface area contributed by atoms with Gasteiger partial charge in [-0.05, 0) is 55.2 Å². The highest BCUT2D eigenvalue weighted by Crippen LogP contribution is 2.51. The largest absolute Gasteiger partial charge is 0.305 e. The molecule has 3 aromatic rings. The Morgan fingerprint density at radius 2 is 1.50 bits per heavy atom. The fourth-order valence-corrected chi connectivity index (χ4v) is 5.24. The maximum Gasteiger partial charge on any atom is 0.250 e. The first-order valence-corrected chi connectivity index (χ1v) is 10.9. The van der Waals surface area contributed by atoms with E-state index in [9.17, 15) is 4.79 Å². The molecule has 0 aliphatic carbocycles. The number of rotatable bonds is 3. The van der Waals surface area contributed by atoms with Gasteiger partial charge in [0.15, 0.2) is 0 Å². The Balaban J connectivity index is 1.83. The number of anilines is 1. The van der Waals surface area contributed by atoms with Crippen molar-refractivity contribution in [3.63, 3.8) is 0 Å². The molecule has 0 saturated heterocycles. The van der Waals surface area contributed by atoms with Crippen LogP contribution in [0.1, 0.15) is 49.3 Å². The molecule has 4 rings (SSSR count). The van der Waals surface area contributed by atoms with Crippen LogP contribution < -0.4 is 4.90 Å². The predicted molar refractivity (Wildman–Crippen MR) is 126 cm³/mol. The van der Waals surface area contributed by atoms with Crippen molar-refractivity contribution in [3.8, 4) is 0 Å². The van der Waals surface area contributed by atoms with Crippen LogP contribution in [0, 0.1) is 0 Å². The van der Waals surface area contributed by atoms with E-state index >= 15 is 0 Å². The van der Waals surface area contributed by atoms with Crippen LogP contribution in [-0.4, -0.2) is 11.4 Å². The number of benzene rings is 3.